The number of nitrogens with zero attached hydrogens (tertiary/aromatic N) is 4. The molecule has 2 rings (SSSR count). The lowest BCUT2D eigenvalue weighted by Gasteiger charge is -2.29. The Morgan fingerprint density at radius 2 is 2.23 bits per heavy atom. The lowest BCUT2D eigenvalue weighted by molar-refractivity contribution is 0.0392. The molecule has 0 bridgehead atoms. The van der Waals surface area contributed by atoms with Gasteiger partial charge in [0.25, 0.3) is 0 Å². The van der Waals surface area contributed by atoms with Crippen LogP contribution in [0.25, 0.3) is 0 Å². The molecule has 0 spiro atoms. The number of hydrogen-bond donors (Lipinski definition) is 1. The number of aryl methyl sites for hydroxylation is 1. The van der Waals surface area contributed by atoms with E-state index in [0.717, 1.165) is 32.8 Å². The second-order valence-corrected chi connectivity index (χ2v) is 5.29. The molecule has 1 aliphatic rings. The second kappa shape index (κ2) is 7.20. The molecule has 22 heavy (non-hydrogen) atoms. The van der Waals surface area contributed by atoms with Crippen LogP contribution < -0.4 is 4.90 Å². The second-order valence-electron chi connectivity index (χ2n) is 5.29. The average molecular weight is 304 g/mol. The molecule has 0 aromatic carbocycles. The minimum Gasteiger partial charge on any atom is -0.478 e. The fourth-order valence-corrected chi connectivity index (χ4v) is 2.40. The van der Waals surface area contributed by atoms with Crippen molar-refractivity contribution >= 4 is 11.8 Å². The molecule has 1 N–H and O–H groups in total. The summed E-state index contributed by atoms with van der Waals surface area (Å²) in [5.74, 6) is -0.540. The lowest BCUT2D eigenvalue weighted by atomic mass is 10.1. The van der Waals surface area contributed by atoms with Crippen LogP contribution in [-0.4, -0.2) is 67.4 Å². The first kappa shape index (κ1) is 16.2. The topological polar surface area (TPSA) is 89.7 Å². The maximum absolute atomic E-state index is 11.1. The summed E-state index contributed by atoms with van der Waals surface area (Å²) in [5.41, 5.74) is 0.772. The summed E-state index contributed by atoms with van der Waals surface area (Å²) in [6.07, 6.45) is 0. The van der Waals surface area contributed by atoms with Crippen LogP contribution in [0.4, 0.5) is 5.82 Å². The third kappa shape index (κ3) is 3.72. The molecule has 7 nitrogen and oxygen atoms in total. The van der Waals surface area contributed by atoms with Gasteiger partial charge < -0.3 is 14.7 Å². The van der Waals surface area contributed by atoms with Crippen LogP contribution in [0.15, 0.2) is 6.07 Å². The van der Waals surface area contributed by atoms with Crippen molar-refractivity contribution in [1.29, 1.82) is 5.26 Å². The Labute approximate surface area is 129 Å². The minimum atomic E-state index is -1.07. The third-order valence-electron chi connectivity index (χ3n) is 3.76. The monoisotopic (exact) mass is 304 g/mol. The number of likely N-dealkylation sites (N-methyl/N-ethyl adjacent to an activating group) is 1. The molecule has 0 unspecified atom stereocenters. The highest BCUT2D eigenvalue weighted by molar-refractivity contribution is 5.89. The number of carboxylic acids is 1. The zero-order valence-electron chi connectivity index (χ0n) is 12.9. The minimum absolute atomic E-state index is 0.0712. The van der Waals surface area contributed by atoms with E-state index in [-0.39, 0.29) is 11.1 Å². The first-order chi connectivity index (χ1) is 10.5. The number of carboxylic acid groups (broad SMARTS) is 1. The van der Waals surface area contributed by atoms with Gasteiger partial charge in [-0.3, -0.25) is 4.90 Å². The average Bonchev–Trinajstić information content (AvgIpc) is 2.53. The standard InChI is InChI=1S/C15H20N4O3/c1-11-13(15(20)21)9-12(10-16)14(17-11)18(2)3-4-19-5-7-22-8-6-19/h9H,3-8H2,1-2H3,(H,20,21). The van der Waals surface area contributed by atoms with Crippen LogP contribution in [0.1, 0.15) is 21.6 Å². The van der Waals surface area contributed by atoms with Crippen molar-refractivity contribution < 1.29 is 14.6 Å². The fraction of sp³-hybridized carbons (Fsp3) is 0.533. The van der Waals surface area contributed by atoms with Gasteiger partial charge in [-0.25, -0.2) is 9.78 Å². The van der Waals surface area contributed by atoms with E-state index in [2.05, 4.69) is 9.88 Å². The largest absolute Gasteiger partial charge is 0.478 e. The van der Waals surface area contributed by atoms with Crippen molar-refractivity contribution in [3.05, 3.63) is 22.9 Å². The third-order valence-corrected chi connectivity index (χ3v) is 3.76. The first-order valence-electron chi connectivity index (χ1n) is 7.19. The molecule has 0 amide bonds. The Morgan fingerprint density at radius 1 is 1.55 bits per heavy atom. The number of hydrogen-bond acceptors (Lipinski definition) is 6. The van der Waals surface area contributed by atoms with Crippen LogP contribution in [0.2, 0.25) is 0 Å². The van der Waals surface area contributed by atoms with Crippen molar-refractivity contribution in [3.8, 4) is 6.07 Å². The van der Waals surface area contributed by atoms with E-state index in [4.69, 9.17) is 9.84 Å². The lowest BCUT2D eigenvalue weighted by Crippen LogP contribution is -2.41. The van der Waals surface area contributed by atoms with E-state index < -0.39 is 5.97 Å². The number of aromatic nitrogens is 1. The molecule has 0 radical (unpaired) electrons. The maximum atomic E-state index is 11.1. The van der Waals surface area contributed by atoms with Gasteiger partial charge in [-0.2, -0.15) is 5.26 Å². The molecule has 118 valence electrons. The van der Waals surface area contributed by atoms with Crippen molar-refractivity contribution in [3.63, 3.8) is 0 Å². The summed E-state index contributed by atoms with van der Waals surface area (Å²) in [7, 11) is 1.86. The van der Waals surface area contributed by atoms with E-state index in [1.54, 1.807) is 6.92 Å². The normalized spacial score (nSPS) is 15.3. The number of nitriles is 1. The highest BCUT2D eigenvalue weighted by atomic mass is 16.5. The van der Waals surface area contributed by atoms with Gasteiger partial charge in [0.2, 0.25) is 0 Å². The van der Waals surface area contributed by atoms with E-state index in [1.165, 1.54) is 6.07 Å². The zero-order chi connectivity index (χ0) is 16.1. The zero-order valence-corrected chi connectivity index (χ0v) is 12.9. The summed E-state index contributed by atoms with van der Waals surface area (Å²) < 4.78 is 5.31. The van der Waals surface area contributed by atoms with Crippen molar-refractivity contribution in [2.75, 3.05) is 51.3 Å². The predicted octanol–water partition coefficient (Wildman–Crippen LogP) is 0.728. The number of pyridine rings is 1. The Hall–Kier alpha value is -2.17. The summed E-state index contributed by atoms with van der Waals surface area (Å²) in [6, 6.07) is 3.43. The Morgan fingerprint density at radius 3 is 2.82 bits per heavy atom. The summed E-state index contributed by atoms with van der Waals surface area (Å²) in [5, 5.41) is 18.4. The number of carbonyl (C=O) groups is 1. The van der Waals surface area contributed by atoms with Crippen molar-refractivity contribution in [2.24, 2.45) is 0 Å². The Balaban J connectivity index is 2.11. The molecule has 0 aliphatic carbocycles. The molecule has 7 heteroatoms. The summed E-state index contributed by atoms with van der Waals surface area (Å²) in [4.78, 5) is 19.6. The number of rotatable bonds is 5. The van der Waals surface area contributed by atoms with E-state index in [1.807, 2.05) is 18.0 Å². The highest BCUT2D eigenvalue weighted by Gasteiger charge is 2.17. The van der Waals surface area contributed by atoms with Gasteiger partial charge in [-0.1, -0.05) is 0 Å². The van der Waals surface area contributed by atoms with Crippen LogP contribution in [-0.2, 0) is 4.74 Å². The molecule has 1 saturated heterocycles. The smallest absolute Gasteiger partial charge is 0.337 e. The van der Waals surface area contributed by atoms with Crippen molar-refractivity contribution in [1.82, 2.24) is 9.88 Å². The predicted molar refractivity (Wildman–Crippen MR) is 81.2 cm³/mol. The quantitative estimate of drug-likeness (QED) is 0.857. The van der Waals surface area contributed by atoms with Crippen LogP contribution in [0.3, 0.4) is 0 Å². The van der Waals surface area contributed by atoms with E-state index in [9.17, 15) is 10.1 Å². The van der Waals surface area contributed by atoms with E-state index in [0.29, 0.717) is 18.1 Å². The SMILES string of the molecule is Cc1nc(N(C)CCN2CCOCC2)c(C#N)cc1C(=O)O. The van der Waals surface area contributed by atoms with Crippen molar-refractivity contribution in [2.45, 2.75) is 6.92 Å². The summed E-state index contributed by atoms with van der Waals surface area (Å²) >= 11 is 0. The number of morpholine rings is 1. The molecule has 2 heterocycles. The number of anilines is 1. The molecule has 0 atom stereocenters. The van der Waals surface area contributed by atoms with Gasteiger partial charge in [0.05, 0.1) is 30.0 Å². The van der Waals surface area contributed by atoms with Gasteiger partial charge in [0, 0.05) is 33.2 Å². The number of aromatic carboxylic acids is 1. The van der Waals surface area contributed by atoms with Gasteiger partial charge in [-0.05, 0) is 13.0 Å². The molecular weight excluding hydrogens is 284 g/mol. The van der Waals surface area contributed by atoms with Crippen LogP contribution >= 0.6 is 0 Å². The van der Waals surface area contributed by atoms with E-state index >= 15 is 0 Å². The van der Waals surface area contributed by atoms with Crippen LogP contribution in [0.5, 0.6) is 0 Å². The molecule has 1 fully saturated rings. The molecule has 0 saturated carbocycles. The molecule has 1 aliphatic heterocycles. The fourth-order valence-electron chi connectivity index (χ4n) is 2.40. The molecular formula is C15H20N4O3. The first-order valence-corrected chi connectivity index (χ1v) is 7.19. The van der Waals surface area contributed by atoms with Gasteiger partial charge in [-0.15, -0.1) is 0 Å². The Bertz CT molecular complexity index is 591. The van der Waals surface area contributed by atoms with Gasteiger partial charge in [0.15, 0.2) is 0 Å². The number of ether oxygens (including phenoxy) is 1. The summed E-state index contributed by atoms with van der Waals surface area (Å²) in [6.45, 7) is 6.52. The van der Waals surface area contributed by atoms with Gasteiger partial charge in [0.1, 0.15) is 11.9 Å². The Kier molecular flexibility index (Phi) is 5.31. The molecule has 1 aromatic heterocycles. The maximum Gasteiger partial charge on any atom is 0.337 e. The molecule has 1 aromatic rings. The van der Waals surface area contributed by atoms with Crippen LogP contribution in [0, 0.1) is 18.3 Å². The van der Waals surface area contributed by atoms with Gasteiger partial charge >= 0.3 is 5.97 Å². The highest BCUT2D eigenvalue weighted by Crippen LogP contribution is 2.20.